The van der Waals surface area contributed by atoms with Gasteiger partial charge in [0.2, 0.25) is 5.91 Å². The van der Waals surface area contributed by atoms with E-state index >= 15 is 0 Å². The summed E-state index contributed by atoms with van der Waals surface area (Å²) in [5, 5.41) is 5.93. The van der Waals surface area contributed by atoms with E-state index in [0.29, 0.717) is 30.9 Å². The first kappa shape index (κ1) is 19.9. The van der Waals surface area contributed by atoms with E-state index in [-0.39, 0.29) is 36.1 Å². The Morgan fingerprint density at radius 2 is 1.96 bits per heavy atom. The van der Waals surface area contributed by atoms with Crippen LogP contribution in [0.3, 0.4) is 0 Å². The molecule has 0 radical (unpaired) electrons. The number of piperazine rings is 1. The van der Waals surface area contributed by atoms with E-state index in [1.807, 2.05) is 6.07 Å². The van der Waals surface area contributed by atoms with E-state index in [4.69, 9.17) is 0 Å². The van der Waals surface area contributed by atoms with E-state index in [9.17, 15) is 14.0 Å². The van der Waals surface area contributed by atoms with Crippen LogP contribution in [-0.4, -0.2) is 36.3 Å². The Balaban J connectivity index is 0.00000243. The highest BCUT2D eigenvalue weighted by Crippen LogP contribution is 2.25. The van der Waals surface area contributed by atoms with Gasteiger partial charge < -0.3 is 15.5 Å². The van der Waals surface area contributed by atoms with Gasteiger partial charge in [0.1, 0.15) is 5.82 Å². The first-order chi connectivity index (χ1) is 12.0. The van der Waals surface area contributed by atoms with Gasteiger partial charge in [-0.3, -0.25) is 9.59 Å². The van der Waals surface area contributed by atoms with E-state index in [2.05, 4.69) is 10.6 Å². The number of hydrogen-bond acceptors (Lipinski definition) is 3. The molecule has 5 nitrogen and oxygen atoms in total. The van der Waals surface area contributed by atoms with Crippen molar-refractivity contribution in [2.45, 2.75) is 13.0 Å². The van der Waals surface area contributed by atoms with Crippen molar-refractivity contribution in [2.24, 2.45) is 0 Å². The minimum atomic E-state index is -0.317. The molecule has 0 aliphatic carbocycles. The third-order valence-corrected chi connectivity index (χ3v) is 4.17. The van der Waals surface area contributed by atoms with E-state index in [1.165, 1.54) is 19.1 Å². The summed E-state index contributed by atoms with van der Waals surface area (Å²) in [5.74, 6) is -0.643. The Kier molecular flexibility index (Phi) is 6.71. The van der Waals surface area contributed by atoms with Crippen molar-refractivity contribution in [1.29, 1.82) is 0 Å². The first-order valence-corrected chi connectivity index (χ1v) is 8.19. The number of carbonyl (C=O) groups is 2. The van der Waals surface area contributed by atoms with Gasteiger partial charge in [0, 0.05) is 37.8 Å². The summed E-state index contributed by atoms with van der Waals surface area (Å²) < 4.78 is 13.6. The van der Waals surface area contributed by atoms with Crippen LogP contribution in [-0.2, 0) is 4.79 Å². The van der Waals surface area contributed by atoms with E-state index < -0.39 is 0 Å². The summed E-state index contributed by atoms with van der Waals surface area (Å²) in [5.41, 5.74) is 1.84. The molecule has 1 heterocycles. The predicted octanol–water partition coefficient (Wildman–Crippen LogP) is 2.99. The van der Waals surface area contributed by atoms with Crippen LogP contribution in [0.2, 0.25) is 0 Å². The average Bonchev–Trinajstić information content (AvgIpc) is 2.61. The molecule has 1 fully saturated rings. The number of hydrogen-bond donors (Lipinski definition) is 2. The standard InChI is InChI=1S/C19H20FN3O2.ClH/c1-13(24)22-17-7-3-5-15(11-17)19(25)23-9-8-21-12-18(23)14-4-2-6-16(20)10-14;/h2-7,10-11,18,21H,8-9,12H2,1H3,(H,22,24);1H. The van der Waals surface area contributed by atoms with E-state index in [0.717, 1.165) is 5.56 Å². The lowest BCUT2D eigenvalue weighted by molar-refractivity contribution is -0.114. The Labute approximate surface area is 158 Å². The lowest BCUT2D eigenvalue weighted by atomic mass is 10.0. The van der Waals surface area contributed by atoms with Crippen molar-refractivity contribution in [3.63, 3.8) is 0 Å². The molecule has 26 heavy (non-hydrogen) atoms. The Morgan fingerprint density at radius 1 is 1.19 bits per heavy atom. The lowest BCUT2D eigenvalue weighted by Gasteiger charge is -2.36. The van der Waals surface area contributed by atoms with E-state index in [1.54, 1.807) is 35.2 Å². The quantitative estimate of drug-likeness (QED) is 0.864. The molecule has 3 rings (SSSR count). The molecular weight excluding hydrogens is 357 g/mol. The fraction of sp³-hybridized carbons (Fsp3) is 0.263. The third-order valence-electron chi connectivity index (χ3n) is 4.17. The number of nitrogens with zero attached hydrogens (tertiary/aromatic N) is 1. The van der Waals surface area contributed by atoms with Crippen LogP contribution in [0.1, 0.15) is 28.9 Å². The van der Waals surface area contributed by atoms with Crippen molar-refractivity contribution in [3.8, 4) is 0 Å². The highest BCUT2D eigenvalue weighted by atomic mass is 35.5. The molecular formula is C19H21ClFN3O2. The molecule has 2 aromatic carbocycles. The molecule has 2 aromatic rings. The second-order valence-electron chi connectivity index (χ2n) is 6.04. The topological polar surface area (TPSA) is 61.4 Å². The lowest BCUT2D eigenvalue weighted by Crippen LogP contribution is -2.48. The molecule has 1 aliphatic rings. The van der Waals surface area contributed by atoms with Gasteiger partial charge in [-0.1, -0.05) is 18.2 Å². The highest BCUT2D eigenvalue weighted by Gasteiger charge is 2.28. The number of anilines is 1. The number of nitrogens with one attached hydrogen (secondary N) is 2. The zero-order chi connectivity index (χ0) is 17.8. The zero-order valence-electron chi connectivity index (χ0n) is 14.4. The second kappa shape index (κ2) is 8.78. The summed E-state index contributed by atoms with van der Waals surface area (Å²) in [4.78, 5) is 26.0. The molecule has 1 unspecified atom stereocenters. The van der Waals surface area contributed by atoms with Crippen LogP contribution in [0.4, 0.5) is 10.1 Å². The van der Waals surface area contributed by atoms with Crippen molar-refractivity contribution >= 4 is 29.9 Å². The van der Waals surface area contributed by atoms with Gasteiger partial charge in [0.15, 0.2) is 0 Å². The number of carbonyl (C=O) groups excluding carboxylic acids is 2. The molecule has 1 atom stereocenters. The number of benzene rings is 2. The minimum Gasteiger partial charge on any atom is -0.329 e. The molecule has 7 heteroatoms. The van der Waals surface area contributed by atoms with Crippen LogP contribution >= 0.6 is 12.4 Å². The molecule has 138 valence electrons. The number of amides is 2. The van der Waals surface area contributed by atoms with Gasteiger partial charge in [-0.2, -0.15) is 0 Å². The largest absolute Gasteiger partial charge is 0.329 e. The van der Waals surface area contributed by atoms with Gasteiger partial charge >= 0.3 is 0 Å². The SMILES string of the molecule is CC(=O)Nc1cccc(C(=O)N2CCNCC2c2cccc(F)c2)c1.Cl. The van der Waals surface area contributed by atoms with Crippen LogP contribution in [0.5, 0.6) is 0 Å². The molecule has 1 aliphatic heterocycles. The van der Waals surface area contributed by atoms with Crippen LogP contribution < -0.4 is 10.6 Å². The van der Waals surface area contributed by atoms with Crippen molar-refractivity contribution in [2.75, 3.05) is 25.0 Å². The summed E-state index contributed by atoms with van der Waals surface area (Å²) >= 11 is 0. The van der Waals surface area contributed by atoms with Gasteiger partial charge in [0.25, 0.3) is 5.91 Å². The van der Waals surface area contributed by atoms with Crippen molar-refractivity contribution < 1.29 is 14.0 Å². The van der Waals surface area contributed by atoms with Crippen molar-refractivity contribution in [1.82, 2.24) is 10.2 Å². The Bertz CT molecular complexity index is 800. The van der Waals surface area contributed by atoms with Crippen LogP contribution in [0, 0.1) is 5.82 Å². The van der Waals surface area contributed by atoms with Gasteiger partial charge in [-0.25, -0.2) is 4.39 Å². The minimum absolute atomic E-state index is 0. The molecule has 0 saturated carbocycles. The molecule has 0 aromatic heterocycles. The third kappa shape index (κ3) is 4.59. The normalized spacial score (nSPS) is 16.5. The molecule has 2 amide bonds. The van der Waals surface area contributed by atoms with Gasteiger partial charge in [-0.05, 0) is 35.9 Å². The van der Waals surface area contributed by atoms with Crippen LogP contribution in [0.25, 0.3) is 0 Å². The maximum atomic E-state index is 13.6. The smallest absolute Gasteiger partial charge is 0.254 e. The fourth-order valence-electron chi connectivity index (χ4n) is 3.06. The van der Waals surface area contributed by atoms with Gasteiger partial charge in [0.05, 0.1) is 6.04 Å². The highest BCUT2D eigenvalue weighted by molar-refractivity contribution is 5.97. The molecule has 0 bridgehead atoms. The summed E-state index contributed by atoms with van der Waals surface area (Å²) in [6.45, 7) is 3.21. The molecule has 2 N–H and O–H groups in total. The van der Waals surface area contributed by atoms with Crippen LogP contribution in [0.15, 0.2) is 48.5 Å². The van der Waals surface area contributed by atoms with Gasteiger partial charge in [-0.15, -0.1) is 12.4 Å². The maximum Gasteiger partial charge on any atom is 0.254 e. The number of rotatable bonds is 3. The molecule has 0 spiro atoms. The zero-order valence-corrected chi connectivity index (χ0v) is 15.2. The second-order valence-corrected chi connectivity index (χ2v) is 6.04. The average molecular weight is 378 g/mol. The predicted molar refractivity (Wildman–Crippen MR) is 101 cm³/mol. The maximum absolute atomic E-state index is 13.6. The monoisotopic (exact) mass is 377 g/mol. The molecule has 1 saturated heterocycles. The number of halogens is 2. The van der Waals surface area contributed by atoms with Crippen molar-refractivity contribution in [3.05, 3.63) is 65.5 Å². The first-order valence-electron chi connectivity index (χ1n) is 8.19. The summed E-state index contributed by atoms with van der Waals surface area (Å²) in [6.07, 6.45) is 0. The Hall–Kier alpha value is -2.44. The Morgan fingerprint density at radius 3 is 2.69 bits per heavy atom. The fourth-order valence-corrected chi connectivity index (χ4v) is 3.06. The summed E-state index contributed by atoms with van der Waals surface area (Å²) in [6, 6.07) is 13.0. The summed E-state index contributed by atoms with van der Waals surface area (Å²) in [7, 11) is 0.